The van der Waals surface area contributed by atoms with E-state index in [1.54, 1.807) is 0 Å². The van der Waals surface area contributed by atoms with Crippen LogP contribution in [0.5, 0.6) is 0 Å². The van der Waals surface area contributed by atoms with Crippen molar-refractivity contribution in [3.8, 4) is 0 Å². The summed E-state index contributed by atoms with van der Waals surface area (Å²) in [4.78, 5) is 21.5. The molecule has 0 bridgehead atoms. The maximum atomic E-state index is 11.0. The Morgan fingerprint density at radius 1 is 1.73 bits per heavy atom. The van der Waals surface area contributed by atoms with Crippen molar-refractivity contribution in [1.82, 2.24) is 0 Å². The molecule has 0 aromatic rings. The first-order chi connectivity index (χ1) is 5.16. The van der Waals surface area contributed by atoms with Crippen LogP contribution in [-0.4, -0.2) is 16.9 Å². The summed E-state index contributed by atoms with van der Waals surface area (Å²) in [6.07, 6.45) is 3.44. The van der Waals surface area contributed by atoms with Crippen molar-refractivity contribution in [2.75, 3.05) is 0 Å². The quantitative estimate of drug-likeness (QED) is 0.641. The molecule has 1 rings (SSSR count). The third-order valence-electron chi connectivity index (χ3n) is 1.99. The normalized spacial score (nSPS) is 29.4. The molecule has 0 spiro atoms. The van der Waals surface area contributed by atoms with Crippen LogP contribution in [-0.2, 0) is 9.59 Å². The molecule has 60 valence electrons. The van der Waals surface area contributed by atoms with E-state index in [1.165, 1.54) is 12.2 Å². The lowest BCUT2D eigenvalue weighted by Crippen LogP contribution is -2.21. The van der Waals surface area contributed by atoms with Gasteiger partial charge in [0.05, 0.1) is 5.92 Å². The van der Waals surface area contributed by atoms with Crippen LogP contribution < -0.4 is 0 Å². The number of carboxylic acids is 1. The molecule has 1 aliphatic rings. The summed E-state index contributed by atoms with van der Waals surface area (Å²) in [7, 11) is 0. The summed E-state index contributed by atoms with van der Waals surface area (Å²) in [5.74, 6) is -1.88. The van der Waals surface area contributed by atoms with Crippen LogP contribution in [0, 0.1) is 11.8 Å². The molecular formula is C8H10O3. The Hall–Kier alpha value is -1.12. The highest BCUT2D eigenvalue weighted by molar-refractivity contribution is 5.98. The molecule has 0 unspecified atom stereocenters. The Balaban J connectivity index is 2.76. The number of carboxylic acid groups (broad SMARTS) is 1. The number of allylic oxidation sites excluding steroid dienone is 1. The first kappa shape index (κ1) is 7.98. The topological polar surface area (TPSA) is 54.4 Å². The van der Waals surface area contributed by atoms with Crippen molar-refractivity contribution in [1.29, 1.82) is 0 Å². The molecule has 3 heteroatoms. The van der Waals surface area contributed by atoms with Crippen molar-refractivity contribution in [3.63, 3.8) is 0 Å². The highest BCUT2D eigenvalue weighted by Crippen LogP contribution is 2.24. The molecule has 1 aliphatic carbocycles. The van der Waals surface area contributed by atoms with Gasteiger partial charge in [0, 0.05) is 5.92 Å². The van der Waals surface area contributed by atoms with Crippen LogP contribution in [0.25, 0.3) is 0 Å². The second-order valence-electron chi connectivity index (χ2n) is 2.64. The average Bonchev–Trinajstić information content (AvgIpc) is 2.30. The first-order valence-electron chi connectivity index (χ1n) is 3.61. The fourth-order valence-corrected chi connectivity index (χ4v) is 1.34. The summed E-state index contributed by atoms with van der Waals surface area (Å²) in [6.45, 7) is 1.82. The molecule has 11 heavy (non-hydrogen) atoms. The third kappa shape index (κ3) is 1.31. The van der Waals surface area contributed by atoms with Crippen molar-refractivity contribution < 1.29 is 14.7 Å². The van der Waals surface area contributed by atoms with E-state index in [-0.39, 0.29) is 11.7 Å². The van der Waals surface area contributed by atoms with Crippen LogP contribution >= 0.6 is 0 Å². The number of hydrogen-bond donors (Lipinski definition) is 1. The van der Waals surface area contributed by atoms with E-state index in [0.29, 0.717) is 6.42 Å². The standard InChI is InChI=1S/C8H10O3/c1-2-5-6(8(10)11)3-4-7(5)9/h3-6H,2H2,1H3,(H,10,11)/t5-,6+/m1/s1. The van der Waals surface area contributed by atoms with E-state index in [9.17, 15) is 9.59 Å². The monoisotopic (exact) mass is 154 g/mol. The molecule has 0 saturated carbocycles. The van der Waals surface area contributed by atoms with Crippen LogP contribution in [0.3, 0.4) is 0 Å². The van der Waals surface area contributed by atoms with Crippen molar-refractivity contribution >= 4 is 11.8 Å². The zero-order valence-corrected chi connectivity index (χ0v) is 6.28. The van der Waals surface area contributed by atoms with Crippen molar-refractivity contribution in [2.45, 2.75) is 13.3 Å². The number of ketones is 1. The molecule has 0 radical (unpaired) electrons. The smallest absolute Gasteiger partial charge is 0.311 e. The second kappa shape index (κ2) is 2.86. The fraction of sp³-hybridized carbons (Fsp3) is 0.500. The van der Waals surface area contributed by atoms with Gasteiger partial charge in [-0.05, 0) is 12.5 Å². The summed E-state index contributed by atoms with van der Waals surface area (Å²) in [6, 6.07) is 0. The molecule has 0 aliphatic heterocycles. The van der Waals surface area contributed by atoms with E-state index in [0.717, 1.165) is 0 Å². The predicted molar refractivity (Wildman–Crippen MR) is 39.1 cm³/mol. The summed E-state index contributed by atoms with van der Waals surface area (Å²) in [5, 5.41) is 8.63. The van der Waals surface area contributed by atoms with Gasteiger partial charge in [-0.25, -0.2) is 0 Å². The highest BCUT2D eigenvalue weighted by Gasteiger charge is 2.33. The minimum absolute atomic E-state index is 0.0556. The number of carbonyl (C=O) groups excluding carboxylic acids is 1. The maximum absolute atomic E-state index is 11.0. The molecule has 0 amide bonds. The number of carbonyl (C=O) groups is 2. The number of rotatable bonds is 2. The van der Waals surface area contributed by atoms with Gasteiger partial charge in [-0.15, -0.1) is 0 Å². The lowest BCUT2D eigenvalue weighted by molar-refractivity contribution is -0.143. The van der Waals surface area contributed by atoms with Crippen molar-refractivity contribution in [2.24, 2.45) is 11.8 Å². The Morgan fingerprint density at radius 2 is 2.36 bits per heavy atom. The fourth-order valence-electron chi connectivity index (χ4n) is 1.34. The summed E-state index contributed by atoms with van der Waals surface area (Å²) >= 11 is 0. The zero-order chi connectivity index (χ0) is 8.43. The molecule has 2 atom stereocenters. The van der Waals surface area contributed by atoms with Gasteiger partial charge in [-0.1, -0.05) is 13.0 Å². The average molecular weight is 154 g/mol. The summed E-state index contributed by atoms with van der Waals surface area (Å²) in [5.41, 5.74) is 0. The minimum atomic E-state index is -0.904. The largest absolute Gasteiger partial charge is 0.481 e. The van der Waals surface area contributed by atoms with Gasteiger partial charge < -0.3 is 5.11 Å². The van der Waals surface area contributed by atoms with Gasteiger partial charge in [-0.3, -0.25) is 9.59 Å². The van der Waals surface area contributed by atoms with Gasteiger partial charge in [0.2, 0.25) is 0 Å². The Labute approximate surface area is 64.7 Å². The maximum Gasteiger partial charge on any atom is 0.311 e. The van der Waals surface area contributed by atoms with Crippen LogP contribution in [0.15, 0.2) is 12.2 Å². The van der Waals surface area contributed by atoms with Crippen LogP contribution in [0.4, 0.5) is 0 Å². The second-order valence-corrected chi connectivity index (χ2v) is 2.64. The van der Waals surface area contributed by atoms with Gasteiger partial charge >= 0.3 is 5.97 Å². The third-order valence-corrected chi connectivity index (χ3v) is 1.99. The number of aliphatic carboxylic acids is 1. The van der Waals surface area contributed by atoms with Crippen LogP contribution in [0.1, 0.15) is 13.3 Å². The SMILES string of the molecule is CC[C@H]1C(=O)C=C[C@@H]1C(=O)O. The van der Waals surface area contributed by atoms with E-state index >= 15 is 0 Å². The van der Waals surface area contributed by atoms with Gasteiger partial charge in [0.1, 0.15) is 0 Å². The molecule has 0 aromatic heterocycles. The van der Waals surface area contributed by atoms with Gasteiger partial charge in [-0.2, -0.15) is 0 Å². The molecule has 0 fully saturated rings. The van der Waals surface area contributed by atoms with E-state index in [2.05, 4.69) is 0 Å². The number of hydrogen-bond acceptors (Lipinski definition) is 2. The molecular weight excluding hydrogens is 144 g/mol. The lowest BCUT2D eigenvalue weighted by atomic mass is 9.93. The predicted octanol–water partition coefficient (Wildman–Crippen LogP) is 0.852. The first-order valence-corrected chi connectivity index (χ1v) is 3.61. The lowest BCUT2D eigenvalue weighted by Gasteiger charge is -2.10. The van der Waals surface area contributed by atoms with Crippen LogP contribution in [0.2, 0.25) is 0 Å². The Bertz CT molecular complexity index is 217. The van der Waals surface area contributed by atoms with E-state index in [4.69, 9.17) is 5.11 Å². The molecule has 3 nitrogen and oxygen atoms in total. The molecule has 0 aromatic carbocycles. The molecule has 0 heterocycles. The van der Waals surface area contributed by atoms with Gasteiger partial charge in [0.15, 0.2) is 5.78 Å². The van der Waals surface area contributed by atoms with Gasteiger partial charge in [0.25, 0.3) is 0 Å². The Kier molecular flexibility index (Phi) is 2.08. The van der Waals surface area contributed by atoms with E-state index < -0.39 is 11.9 Å². The molecule has 0 saturated heterocycles. The van der Waals surface area contributed by atoms with Crippen molar-refractivity contribution in [3.05, 3.63) is 12.2 Å². The summed E-state index contributed by atoms with van der Waals surface area (Å²) < 4.78 is 0. The van der Waals surface area contributed by atoms with E-state index in [1.807, 2.05) is 6.92 Å². The highest BCUT2D eigenvalue weighted by atomic mass is 16.4. The molecule has 1 N–H and O–H groups in total. The zero-order valence-electron chi connectivity index (χ0n) is 6.28. The Morgan fingerprint density at radius 3 is 2.73 bits per heavy atom. The minimum Gasteiger partial charge on any atom is -0.481 e.